The zero-order chi connectivity index (χ0) is 17.5. The fourth-order valence-corrected chi connectivity index (χ4v) is 2.39. The molecule has 128 valence electrons. The highest BCUT2D eigenvalue weighted by molar-refractivity contribution is 6.33. The van der Waals surface area contributed by atoms with E-state index in [-0.39, 0.29) is 24.8 Å². The molecule has 6 heteroatoms. The van der Waals surface area contributed by atoms with Gasteiger partial charge in [0.15, 0.2) is 11.6 Å². The lowest BCUT2D eigenvalue weighted by atomic mass is 10.2. The minimum Gasteiger partial charge on any atom is -0.489 e. The van der Waals surface area contributed by atoms with Gasteiger partial charge in [-0.15, -0.1) is 0 Å². The third-order valence-corrected chi connectivity index (χ3v) is 3.69. The van der Waals surface area contributed by atoms with Gasteiger partial charge in [-0.05, 0) is 43.8 Å². The van der Waals surface area contributed by atoms with Gasteiger partial charge >= 0.3 is 0 Å². The SMILES string of the molecule is Cc1ccc(NC(=O)CN(C)CCOc2ccccc2F)c(Cl)c1. The second kappa shape index (κ2) is 8.66. The van der Waals surface area contributed by atoms with Crippen molar-refractivity contribution in [2.75, 3.05) is 32.1 Å². The summed E-state index contributed by atoms with van der Waals surface area (Å²) in [5, 5.41) is 3.28. The van der Waals surface area contributed by atoms with Crippen molar-refractivity contribution in [1.29, 1.82) is 0 Å². The molecule has 0 heterocycles. The average Bonchev–Trinajstić information content (AvgIpc) is 2.52. The number of carbonyl (C=O) groups excluding carboxylic acids is 1. The second-order valence-corrected chi connectivity index (χ2v) is 5.96. The fourth-order valence-electron chi connectivity index (χ4n) is 2.11. The fraction of sp³-hybridized carbons (Fsp3) is 0.278. The summed E-state index contributed by atoms with van der Waals surface area (Å²) in [6.45, 7) is 2.89. The van der Waals surface area contributed by atoms with Crippen LogP contribution in [0.4, 0.5) is 10.1 Å². The number of anilines is 1. The number of halogens is 2. The molecule has 0 atom stereocenters. The molecule has 0 fully saturated rings. The molecule has 2 aromatic carbocycles. The largest absolute Gasteiger partial charge is 0.489 e. The lowest BCUT2D eigenvalue weighted by molar-refractivity contribution is -0.117. The molecule has 1 N–H and O–H groups in total. The predicted octanol–water partition coefficient (Wildman–Crippen LogP) is 3.74. The van der Waals surface area contributed by atoms with Gasteiger partial charge in [0.25, 0.3) is 0 Å². The molecule has 2 aromatic rings. The van der Waals surface area contributed by atoms with Crippen LogP contribution in [0, 0.1) is 12.7 Å². The number of hydrogen-bond acceptors (Lipinski definition) is 3. The Morgan fingerprint density at radius 1 is 1.29 bits per heavy atom. The van der Waals surface area contributed by atoms with Gasteiger partial charge in [0.2, 0.25) is 5.91 Å². The summed E-state index contributed by atoms with van der Waals surface area (Å²) in [7, 11) is 1.79. The summed E-state index contributed by atoms with van der Waals surface area (Å²) >= 11 is 6.09. The summed E-state index contributed by atoms with van der Waals surface area (Å²) in [4.78, 5) is 13.8. The van der Waals surface area contributed by atoms with Gasteiger partial charge in [-0.2, -0.15) is 0 Å². The molecule has 4 nitrogen and oxygen atoms in total. The van der Waals surface area contributed by atoms with E-state index in [0.29, 0.717) is 17.3 Å². The van der Waals surface area contributed by atoms with Gasteiger partial charge < -0.3 is 10.1 Å². The Labute approximate surface area is 146 Å². The maximum absolute atomic E-state index is 13.4. The average molecular weight is 351 g/mol. The molecule has 0 saturated heterocycles. The van der Waals surface area contributed by atoms with Gasteiger partial charge in [0.1, 0.15) is 6.61 Å². The van der Waals surface area contributed by atoms with E-state index in [2.05, 4.69) is 5.32 Å². The van der Waals surface area contributed by atoms with E-state index in [1.165, 1.54) is 6.07 Å². The first-order valence-electron chi connectivity index (χ1n) is 7.57. The van der Waals surface area contributed by atoms with Gasteiger partial charge in [-0.3, -0.25) is 9.69 Å². The summed E-state index contributed by atoms with van der Waals surface area (Å²) in [5.41, 5.74) is 1.61. The molecule has 0 saturated carbocycles. The van der Waals surface area contributed by atoms with Crippen molar-refractivity contribution in [3.05, 3.63) is 58.9 Å². The van der Waals surface area contributed by atoms with E-state index in [0.717, 1.165) is 5.56 Å². The van der Waals surface area contributed by atoms with E-state index in [4.69, 9.17) is 16.3 Å². The van der Waals surface area contributed by atoms with Crippen molar-refractivity contribution in [3.8, 4) is 5.75 Å². The van der Waals surface area contributed by atoms with Crippen LogP contribution in [0.3, 0.4) is 0 Å². The first-order chi connectivity index (χ1) is 11.5. The molecule has 0 bridgehead atoms. The van der Waals surface area contributed by atoms with Crippen molar-refractivity contribution >= 4 is 23.2 Å². The Morgan fingerprint density at radius 3 is 2.75 bits per heavy atom. The highest BCUT2D eigenvalue weighted by Crippen LogP contribution is 2.22. The number of nitrogens with zero attached hydrogens (tertiary/aromatic N) is 1. The van der Waals surface area contributed by atoms with Crippen molar-refractivity contribution in [2.45, 2.75) is 6.92 Å². The molecular formula is C18H20ClFN2O2. The quantitative estimate of drug-likeness (QED) is 0.827. The molecule has 1 amide bonds. The number of carbonyl (C=O) groups is 1. The standard InChI is InChI=1S/C18H20ClFN2O2/c1-13-7-8-16(14(19)11-13)21-18(23)12-22(2)9-10-24-17-6-4-3-5-15(17)20/h3-8,11H,9-10,12H2,1-2H3,(H,21,23). The normalized spacial score (nSPS) is 10.7. The topological polar surface area (TPSA) is 41.6 Å². The number of benzene rings is 2. The second-order valence-electron chi connectivity index (χ2n) is 5.55. The van der Waals surface area contributed by atoms with Crippen LogP contribution in [-0.4, -0.2) is 37.6 Å². The minimum absolute atomic E-state index is 0.172. The van der Waals surface area contributed by atoms with Gasteiger partial charge in [-0.25, -0.2) is 4.39 Å². The first-order valence-corrected chi connectivity index (χ1v) is 7.95. The zero-order valence-electron chi connectivity index (χ0n) is 13.7. The Morgan fingerprint density at radius 2 is 2.04 bits per heavy atom. The van der Waals surface area contributed by atoms with Gasteiger partial charge in [0.05, 0.1) is 17.3 Å². The van der Waals surface area contributed by atoms with Gasteiger partial charge in [-0.1, -0.05) is 29.8 Å². The molecule has 0 aliphatic carbocycles. The molecular weight excluding hydrogens is 331 g/mol. The van der Waals surface area contributed by atoms with E-state index in [1.807, 2.05) is 13.0 Å². The predicted molar refractivity (Wildman–Crippen MR) is 94.2 cm³/mol. The van der Waals surface area contributed by atoms with Crippen molar-refractivity contribution in [1.82, 2.24) is 4.90 Å². The van der Waals surface area contributed by atoms with E-state index < -0.39 is 5.82 Å². The summed E-state index contributed by atoms with van der Waals surface area (Å²) < 4.78 is 18.8. The van der Waals surface area contributed by atoms with Crippen molar-refractivity contribution < 1.29 is 13.9 Å². The highest BCUT2D eigenvalue weighted by Gasteiger charge is 2.10. The molecule has 0 spiro atoms. The third-order valence-electron chi connectivity index (χ3n) is 3.38. The molecule has 0 aliphatic heterocycles. The zero-order valence-corrected chi connectivity index (χ0v) is 14.4. The van der Waals surface area contributed by atoms with Crippen molar-refractivity contribution in [3.63, 3.8) is 0 Å². The molecule has 0 radical (unpaired) electrons. The first kappa shape index (κ1) is 18.2. The smallest absolute Gasteiger partial charge is 0.238 e. The van der Waals surface area contributed by atoms with E-state index in [9.17, 15) is 9.18 Å². The van der Waals surface area contributed by atoms with E-state index >= 15 is 0 Å². The monoisotopic (exact) mass is 350 g/mol. The summed E-state index contributed by atoms with van der Waals surface area (Å²) in [6.07, 6.45) is 0. The van der Waals surface area contributed by atoms with Crippen LogP contribution in [0.15, 0.2) is 42.5 Å². The number of rotatable bonds is 7. The molecule has 0 aliphatic rings. The Kier molecular flexibility index (Phi) is 6.58. The Bertz CT molecular complexity index is 709. The number of hydrogen-bond donors (Lipinski definition) is 1. The molecule has 24 heavy (non-hydrogen) atoms. The van der Waals surface area contributed by atoms with Crippen molar-refractivity contribution in [2.24, 2.45) is 0 Å². The number of para-hydroxylation sites is 1. The molecule has 0 aromatic heterocycles. The molecule has 0 unspecified atom stereocenters. The van der Waals surface area contributed by atoms with Crippen LogP contribution in [0.1, 0.15) is 5.56 Å². The van der Waals surface area contributed by atoms with Crippen LogP contribution in [0.25, 0.3) is 0 Å². The van der Waals surface area contributed by atoms with Crippen LogP contribution in [0.5, 0.6) is 5.75 Å². The third kappa shape index (κ3) is 5.51. The maximum Gasteiger partial charge on any atom is 0.238 e. The van der Waals surface area contributed by atoms with E-state index in [1.54, 1.807) is 42.3 Å². The molecule has 2 rings (SSSR count). The summed E-state index contributed by atoms with van der Waals surface area (Å²) in [5.74, 6) is -0.358. The number of amides is 1. The maximum atomic E-state index is 13.4. The number of likely N-dealkylation sites (N-methyl/N-ethyl adjacent to an activating group) is 1. The van der Waals surface area contributed by atoms with Crippen LogP contribution < -0.4 is 10.1 Å². The lowest BCUT2D eigenvalue weighted by Gasteiger charge is -2.17. The van der Waals surface area contributed by atoms with Gasteiger partial charge in [0, 0.05) is 6.54 Å². The highest BCUT2D eigenvalue weighted by atomic mass is 35.5. The van der Waals surface area contributed by atoms with Crippen LogP contribution in [0.2, 0.25) is 5.02 Å². The number of aryl methyl sites for hydroxylation is 1. The number of ether oxygens (including phenoxy) is 1. The number of nitrogens with one attached hydrogen (secondary N) is 1. The lowest BCUT2D eigenvalue weighted by Crippen LogP contribution is -2.33. The Balaban J connectivity index is 1.76. The van der Waals surface area contributed by atoms with Crippen LogP contribution in [-0.2, 0) is 4.79 Å². The Hall–Kier alpha value is -2.11. The summed E-state index contributed by atoms with van der Waals surface area (Å²) in [6, 6.07) is 11.7. The van der Waals surface area contributed by atoms with Crippen LogP contribution >= 0.6 is 11.6 Å². The minimum atomic E-state index is -0.396.